The van der Waals surface area contributed by atoms with Crippen molar-refractivity contribution in [1.29, 1.82) is 0 Å². The number of rotatable bonds is 3. The van der Waals surface area contributed by atoms with Gasteiger partial charge in [-0.2, -0.15) is 0 Å². The van der Waals surface area contributed by atoms with Gasteiger partial charge in [0.25, 0.3) is 0 Å². The molecule has 1 saturated heterocycles. The van der Waals surface area contributed by atoms with E-state index in [4.69, 9.17) is 9.16 Å². The van der Waals surface area contributed by atoms with Crippen molar-refractivity contribution in [3.8, 4) is 0 Å². The highest BCUT2D eigenvalue weighted by molar-refractivity contribution is 6.69. The Balaban J connectivity index is 2.04. The summed E-state index contributed by atoms with van der Waals surface area (Å²) >= 11 is 0. The van der Waals surface area contributed by atoms with E-state index in [1.54, 1.807) is 0 Å². The molecule has 1 fully saturated rings. The zero-order chi connectivity index (χ0) is 7.61. The van der Waals surface area contributed by atoms with Crippen molar-refractivity contribution in [2.75, 3.05) is 13.2 Å². The molecule has 3 heteroatoms. The normalized spacial score (nSPS) is 26.1. The van der Waals surface area contributed by atoms with Crippen molar-refractivity contribution < 1.29 is 9.16 Å². The standard InChI is InChI=1S/C7H16O2Si/c1-10(2,3)9-6-7-4-5-8-7/h7H,4-6H2,1-3H3. The van der Waals surface area contributed by atoms with E-state index in [1.165, 1.54) is 6.42 Å². The molecule has 10 heavy (non-hydrogen) atoms. The third-order valence-electron chi connectivity index (χ3n) is 1.50. The van der Waals surface area contributed by atoms with Crippen LogP contribution in [0.2, 0.25) is 19.6 Å². The van der Waals surface area contributed by atoms with Crippen LogP contribution in [0.5, 0.6) is 0 Å². The molecule has 0 aromatic carbocycles. The first-order valence-corrected chi connectivity index (χ1v) is 7.24. The number of hydrogen-bond donors (Lipinski definition) is 0. The van der Waals surface area contributed by atoms with Crippen LogP contribution in [0.15, 0.2) is 0 Å². The van der Waals surface area contributed by atoms with Crippen LogP contribution in [0, 0.1) is 0 Å². The van der Waals surface area contributed by atoms with Crippen molar-refractivity contribution in [2.24, 2.45) is 0 Å². The minimum absolute atomic E-state index is 0.409. The quantitative estimate of drug-likeness (QED) is 0.584. The van der Waals surface area contributed by atoms with Gasteiger partial charge < -0.3 is 9.16 Å². The Labute approximate surface area is 63.7 Å². The summed E-state index contributed by atoms with van der Waals surface area (Å²) < 4.78 is 10.9. The Morgan fingerprint density at radius 3 is 2.40 bits per heavy atom. The number of hydrogen-bond acceptors (Lipinski definition) is 2. The molecule has 0 amide bonds. The highest BCUT2D eigenvalue weighted by Gasteiger charge is 2.22. The Kier molecular flexibility index (Phi) is 2.49. The summed E-state index contributed by atoms with van der Waals surface area (Å²) in [5.41, 5.74) is 0. The maximum absolute atomic E-state index is 5.65. The summed E-state index contributed by atoms with van der Waals surface area (Å²) in [5.74, 6) is 0. The molecule has 1 heterocycles. The van der Waals surface area contributed by atoms with E-state index in [1.807, 2.05) is 0 Å². The fourth-order valence-electron chi connectivity index (χ4n) is 0.759. The summed E-state index contributed by atoms with van der Waals surface area (Å²) in [6.45, 7) is 8.35. The van der Waals surface area contributed by atoms with Gasteiger partial charge in [-0.25, -0.2) is 0 Å². The lowest BCUT2D eigenvalue weighted by atomic mass is 10.2. The predicted molar refractivity (Wildman–Crippen MR) is 43.7 cm³/mol. The van der Waals surface area contributed by atoms with Crippen LogP contribution in [0.25, 0.3) is 0 Å². The van der Waals surface area contributed by atoms with E-state index in [0.29, 0.717) is 6.10 Å². The summed E-state index contributed by atoms with van der Waals surface area (Å²) in [6.07, 6.45) is 1.59. The van der Waals surface area contributed by atoms with E-state index < -0.39 is 8.32 Å². The molecule has 2 nitrogen and oxygen atoms in total. The highest BCUT2D eigenvalue weighted by Crippen LogP contribution is 2.13. The minimum Gasteiger partial charge on any atom is -0.415 e. The zero-order valence-electron chi connectivity index (χ0n) is 7.02. The van der Waals surface area contributed by atoms with Crippen molar-refractivity contribution in [3.63, 3.8) is 0 Å². The summed E-state index contributed by atoms with van der Waals surface area (Å²) in [7, 11) is -1.28. The van der Waals surface area contributed by atoms with E-state index >= 15 is 0 Å². The highest BCUT2D eigenvalue weighted by atomic mass is 28.4. The third-order valence-corrected chi connectivity index (χ3v) is 2.53. The van der Waals surface area contributed by atoms with Gasteiger partial charge in [0.1, 0.15) is 0 Å². The smallest absolute Gasteiger partial charge is 0.183 e. The first-order valence-electron chi connectivity index (χ1n) is 3.83. The van der Waals surface area contributed by atoms with E-state index in [0.717, 1.165) is 13.2 Å². The molecule has 0 radical (unpaired) electrons. The Hall–Kier alpha value is 0.137. The topological polar surface area (TPSA) is 18.5 Å². The molecule has 0 saturated carbocycles. The molecule has 0 N–H and O–H groups in total. The molecular weight excluding hydrogens is 144 g/mol. The second-order valence-corrected chi connectivity index (χ2v) is 8.22. The van der Waals surface area contributed by atoms with Crippen molar-refractivity contribution >= 4 is 8.32 Å². The van der Waals surface area contributed by atoms with Crippen LogP contribution < -0.4 is 0 Å². The van der Waals surface area contributed by atoms with Gasteiger partial charge in [-0.05, 0) is 26.1 Å². The second-order valence-electron chi connectivity index (χ2n) is 3.70. The molecule has 1 aliphatic heterocycles. The fraction of sp³-hybridized carbons (Fsp3) is 1.00. The van der Waals surface area contributed by atoms with Crippen molar-refractivity contribution in [2.45, 2.75) is 32.2 Å². The Morgan fingerprint density at radius 1 is 1.50 bits per heavy atom. The molecule has 0 spiro atoms. The van der Waals surface area contributed by atoms with Gasteiger partial charge in [0.2, 0.25) is 0 Å². The molecule has 1 aliphatic rings. The summed E-state index contributed by atoms with van der Waals surface area (Å²) in [6, 6.07) is 0. The maximum atomic E-state index is 5.65. The van der Waals surface area contributed by atoms with E-state index in [2.05, 4.69) is 19.6 Å². The van der Waals surface area contributed by atoms with Crippen molar-refractivity contribution in [3.05, 3.63) is 0 Å². The monoisotopic (exact) mass is 160 g/mol. The molecule has 60 valence electrons. The average molecular weight is 160 g/mol. The van der Waals surface area contributed by atoms with Crippen LogP contribution in [0.1, 0.15) is 6.42 Å². The fourth-order valence-corrected chi connectivity index (χ4v) is 1.44. The predicted octanol–water partition coefficient (Wildman–Crippen LogP) is 1.63. The Bertz CT molecular complexity index is 105. The van der Waals surface area contributed by atoms with Gasteiger partial charge in [-0.1, -0.05) is 0 Å². The first kappa shape index (κ1) is 8.24. The molecular formula is C7H16O2Si. The van der Waals surface area contributed by atoms with Crippen LogP contribution >= 0.6 is 0 Å². The molecule has 0 bridgehead atoms. The SMILES string of the molecule is C[Si](C)(C)OCC1CCO1. The lowest BCUT2D eigenvalue weighted by Gasteiger charge is -2.29. The maximum Gasteiger partial charge on any atom is 0.183 e. The van der Waals surface area contributed by atoms with Gasteiger partial charge in [0.05, 0.1) is 12.7 Å². The van der Waals surface area contributed by atoms with Gasteiger partial charge >= 0.3 is 0 Å². The van der Waals surface area contributed by atoms with Crippen LogP contribution in [0.3, 0.4) is 0 Å². The lowest BCUT2D eigenvalue weighted by Crippen LogP contribution is -2.37. The number of ether oxygens (including phenoxy) is 1. The molecule has 0 aliphatic carbocycles. The Morgan fingerprint density at radius 2 is 2.10 bits per heavy atom. The third kappa shape index (κ3) is 2.81. The van der Waals surface area contributed by atoms with Crippen molar-refractivity contribution in [1.82, 2.24) is 0 Å². The van der Waals surface area contributed by atoms with Gasteiger partial charge in [-0.3, -0.25) is 0 Å². The largest absolute Gasteiger partial charge is 0.415 e. The molecule has 1 atom stereocenters. The summed E-state index contributed by atoms with van der Waals surface area (Å²) in [5, 5.41) is 0. The van der Waals surface area contributed by atoms with E-state index in [-0.39, 0.29) is 0 Å². The average Bonchev–Trinajstić information content (AvgIpc) is 1.56. The molecule has 1 unspecified atom stereocenters. The van der Waals surface area contributed by atoms with Gasteiger partial charge in [-0.15, -0.1) is 0 Å². The van der Waals surface area contributed by atoms with E-state index in [9.17, 15) is 0 Å². The zero-order valence-corrected chi connectivity index (χ0v) is 8.02. The van der Waals surface area contributed by atoms with Crippen LogP contribution in [-0.4, -0.2) is 27.6 Å². The second kappa shape index (κ2) is 3.03. The first-order chi connectivity index (χ1) is 4.58. The van der Waals surface area contributed by atoms with Gasteiger partial charge in [0, 0.05) is 6.61 Å². The van der Waals surface area contributed by atoms with Crippen LogP contribution in [-0.2, 0) is 9.16 Å². The molecule has 0 aromatic heterocycles. The van der Waals surface area contributed by atoms with Gasteiger partial charge in [0.15, 0.2) is 8.32 Å². The summed E-state index contributed by atoms with van der Waals surface area (Å²) in [4.78, 5) is 0. The minimum atomic E-state index is -1.28. The molecule has 1 rings (SSSR count). The molecule has 0 aromatic rings. The lowest BCUT2D eigenvalue weighted by molar-refractivity contribution is -0.0736. The van der Waals surface area contributed by atoms with Crippen LogP contribution in [0.4, 0.5) is 0 Å².